The van der Waals surface area contributed by atoms with Crippen molar-refractivity contribution in [3.05, 3.63) is 30.1 Å². The van der Waals surface area contributed by atoms with Gasteiger partial charge in [-0.1, -0.05) is 6.07 Å². The molecule has 3 rings (SSSR count). The Balaban J connectivity index is 1.94. The molecular weight excluding hydrogens is 196 g/mol. The summed E-state index contributed by atoms with van der Waals surface area (Å²) in [6.07, 6.45) is 8.24. The van der Waals surface area contributed by atoms with E-state index >= 15 is 0 Å². The Morgan fingerprint density at radius 3 is 2.75 bits per heavy atom. The highest BCUT2D eigenvalue weighted by molar-refractivity contribution is 5.23. The smallest absolute Gasteiger partial charge is 0.0303 e. The molecular formula is C14H20N2. The molecule has 0 radical (unpaired) electrons. The molecule has 0 N–H and O–H groups in total. The number of rotatable bonds is 2. The van der Waals surface area contributed by atoms with Gasteiger partial charge < -0.3 is 4.90 Å². The lowest BCUT2D eigenvalue weighted by molar-refractivity contribution is 0.185. The third-order valence-electron chi connectivity index (χ3n) is 4.54. The predicted molar refractivity (Wildman–Crippen MR) is 65.3 cm³/mol. The highest BCUT2D eigenvalue weighted by atomic mass is 15.1. The molecule has 0 spiro atoms. The van der Waals surface area contributed by atoms with Crippen LogP contribution in [0.1, 0.15) is 30.7 Å². The fourth-order valence-electron chi connectivity index (χ4n) is 4.05. The molecule has 0 aliphatic heterocycles. The molecule has 1 heterocycles. The van der Waals surface area contributed by atoms with Crippen LogP contribution in [0.25, 0.3) is 0 Å². The Hall–Kier alpha value is -0.890. The quantitative estimate of drug-likeness (QED) is 0.755. The van der Waals surface area contributed by atoms with Crippen LogP contribution < -0.4 is 0 Å². The molecule has 1 aromatic heterocycles. The molecule has 0 amide bonds. The maximum absolute atomic E-state index is 4.29. The van der Waals surface area contributed by atoms with Gasteiger partial charge in [-0.25, -0.2) is 0 Å². The van der Waals surface area contributed by atoms with E-state index in [4.69, 9.17) is 0 Å². The van der Waals surface area contributed by atoms with Crippen molar-refractivity contribution in [2.75, 3.05) is 14.1 Å². The van der Waals surface area contributed by atoms with Gasteiger partial charge in [0, 0.05) is 24.4 Å². The number of likely N-dealkylation sites (N-methyl/N-ethyl adjacent to an activating group) is 1. The van der Waals surface area contributed by atoms with E-state index in [1.54, 1.807) is 0 Å². The first-order valence-electron chi connectivity index (χ1n) is 6.33. The van der Waals surface area contributed by atoms with E-state index < -0.39 is 0 Å². The lowest BCUT2D eigenvalue weighted by atomic mass is 9.80. The monoisotopic (exact) mass is 216 g/mol. The van der Waals surface area contributed by atoms with Crippen molar-refractivity contribution >= 4 is 0 Å². The molecule has 2 bridgehead atoms. The zero-order valence-corrected chi connectivity index (χ0v) is 10.1. The molecule has 86 valence electrons. The topological polar surface area (TPSA) is 16.1 Å². The van der Waals surface area contributed by atoms with Crippen molar-refractivity contribution in [3.63, 3.8) is 0 Å². The van der Waals surface area contributed by atoms with Gasteiger partial charge in [0.2, 0.25) is 0 Å². The Kier molecular flexibility index (Phi) is 2.47. The van der Waals surface area contributed by atoms with Gasteiger partial charge in [0.05, 0.1) is 0 Å². The summed E-state index contributed by atoms with van der Waals surface area (Å²) in [6.45, 7) is 0. The summed E-state index contributed by atoms with van der Waals surface area (Å²) >= 11 is 0. The number of fused-ring (bicyclic) bond motifs is 2. The number of hydrogen-bond donors (Lipinski definition) is 0. The average molecular weight is 216 g/mol. The zero-order chi connectivity index (χ0) is 11.1. The lowest BCUT2D eigenvalue weighted by Gasteiger charge is -2.36. The molecule has 2 heteroatoms. The summed E-state index contributed by atoms with van der Waals surface area (Å²) in [6, 6.07) is 5.08. The molecule has 0 saturated heterocycles. The van der Waals surface area contributed by atoms with E-state index in [1.807, 2.05) is 6.20 Å². The summed E-state index contributed by atoms with van der Waals surface area (Å²) in [7, 11) is 4.46. The zero-order valence-electron chi connectivity index (χ0n) is 10.1. The molecule has 2 aliphatic carbocycles. The number of nitrogens with zero attached hydrogens (tertiary/aromatic N) is 2. The van der Waals surface area contributed by atoms with Gasteiger partial charge in [-0.15, -0.1) is 0 Å². The van der Waals surface area contributed by atoms with Crippen molar-refractivity contribution in [3.8, 4) is 0 Å². The van der Waals surface area contributed by atoms with E-state index in [0.717, 1.165) is 23.8 Å². The van der Waals surface area contributed by atoms with Gasteiger partial charge in [-0.2, -0.15) is 0 Å². The maximum atomic E-state index is 4.29. The number of hydrogen-bond acceptors (Lipinski definition) is 2. The molecule has 2 saturated carbocycles. The first-order chi connectivity index (χ1) is 7.77. The van der Waals surface area contributed by atoms with Gasteiger partial charge in [0.15, 0.2) is 0 Å². The normalized spacial score (nSPS) is 37.2. The van der Waals surface area contributed by atoms with Crippen molar-refractivity contribution in [2.45, 2.75) is 31.2 Å². The van der Waals surface area contributed by atoms with Crippen LogP contribution >= 0.6 is 0 Å². The maximum Gasteiger partial charge on any atom is 0.0303 e. The van der Waals surface area contributed by atoms with Crippen LogP contribution in [0.15, 0.2) is 24.5 Å². The molecule has 1 aromatic rings. The Morgan fingerprint density at radius 1 is 1.25 bits per heavy atom. The molecule has 2 aliphatic rings. The fraction of sp³-hybridized carbons (Fsp3) is 0.643. The highest BCUT2D eigenvalue weighted by Gasteiger charge is 2.48. The molecule has 2 nitrogen and oxygen atoms in total. The molecule has 2 fully saturated rings. The summed E-state index contributed by atoms with van der Waals surface area (Å²) in [5, 5.41) is 0. The van der Waals surface area contributed by atoms with Crippen LogP contribution in [0.2, 0.25) is 0 Å². The number of aromatic nitrogens is 1. The van der Waals surface area contributed by atoms with E-state index in [1.165, 1.54) is 24.8 Å². The minimum absolute atomic E-state index is 0.724. The first-order valence-corrected chi connectivity index (χ1v) is 6.33. The van der Waals surface area contributed by atoms with Gasteiger partial charge in [0.1, 0.15) is 0 Å². The number of pyridine rings is 1. The standard InChI is InChI=1S/C14H20N2/c1-16(2)14-11-6-5-10(8-11)13(14)12-4-3-7-15-9-12/h3-4,7,9-11,13-14H,5-6,8H2,1-2H3/t10-,11+,13-,14+/m0/s1. The summed E-state index contributed by atoms with van der Waals surface area (Å²) in [4.78, 5) is 6.72. The predicted octanol–water partition coefficient (Wildman–Crippen LogP) is 2.53. The van der Waals surface area contributed by atoms with Gasteiger partial charge >= 0.3 is 0 Å². The first kappa shape index (κ1) is 10.3. The van der Waals surface area contributed by atoms with E-state index in [9.17, 15) is 0 Å². The summed E-state index contributed by atoms with van der Waals surface area (Å²) in [5.74, 6) is 2.55. The van der Waals surface area contributed by atoms with Gasteiger partial charge in [-0.05, 0) is 56.8 Å². The SMILES string of the molecule is CN(C)[C@@H]1[C@@H]2CC[C@@H](C2)[C@H]1c1cccnc1. The molecule has 4 atom stereocenters. The third kappa shape index (κ3) is 1.47. The van der Waals surface area contributed by atoms with Gasteiger partial charge in [-0.3, -0.25) is 4.98 Å². The molecule has 16 heavy (non-hydrogen) atoms. The van der Waals surface area contributed by atoms with Crippen LogP contribution in [0.3, 0.4) is 0 Å². The molecule has 0 unspecified atom stereocenters. The van der Waals surface area contributed by atoms with Crippen LogP contribution in [-0.2, 0) is 0 Å². The van der Waals surface area contributed by atoms with Gasteiger partial charge in [0.25, 0.3) is 0 Å². The second-order valence-electron chi connectivity index (χ2n) is 5.60. The third-order valence-corrected chi connectivity index (χ3v) is 4.54. The van der Waals surface area contributed by atoms with Crippen molar-refractivity contribution < 1.29 is 0 Å². The fourth-order valence-corrected chi connectivity index (χ4v) is 4.05. The summed E-state index contributed by atoms with van der Waals surface area (Å²) in [5.41, 5.74) is 1.45. The Morgan fingerprint density at radius 2 is 2.06 bits per heavy atom. The van der Waals surface area contributed by atoms with E-state index in [2.05, 4.69) is 42.3 Å². The highest BCUT2D eigenvalue weighted by Crippen LogP contribution is 2.54. The van der Waals surface area contributed by atoms with Crippen molar-refractivity contribution in [1.82, 2.24) is 9.88 Å². The largest absolute Gasteiger partial charge is 0.306 e. The second kappa shape index (κ2) is 3.85. The minimum Gasteiger partial charge on any atom is -0.306 e. The summed E-state index contributed by atoms with van der Waals surface area (Å²) < 4.78 is 0. The molecule has 0 aromatic carbocycles. The Labute approximate surface area is 97.7 Å². The van der Waals surface area contributed by atoms with Crippen LogP contribution in [-0.4, -0.2) is 30.0 Å². The van der Waals surface area contributed by atoms with Crippen LogP contribution in [0, 0.1) is 11.8 Å². The van der Waals surface area contributed by atoms with E-state index in [0.29, 0.717) is 0 Å². The minimum atomic E-state index is 0.724. The van der Waals surface area contributed by atoms with E-state index in [-0.39, 0.29) is 0 Å². The van der Waals surface area contributed by atoms with Crippen LogP contribution in [0.4, 0.5) is 0 Å². The Bertz CT molecular complexity index is 360. The average Bonchev–Trinajstić information content (AvgIpc) is 2.89. The van der Waals surface area contributed by atoms with Crippen molar-refractivity contribution in [1.29, 1.82) is 0 Å². The lowest BCUT2D eigenvalue weighted by Crippen LogP contribution is -2.38. The van der Waals surface area contributed by atoms with Crippen LogP contribution in [0.5, 0.6) is 0 Å². The second-order valence-corrected chi connectivity index (χ2v) is 5.60. The van der Waals surface area contributed by atoms with Crippen molar-refractivity contribution in [2.24, 2.45) is 11.8 Å².